The minimum Gasteiger partial charge on any atom is -0.355 e. The van der Waals surface area contributed by atoms with Gasteiger partial charge in [-0.1, -0.05) is 5.16 Å². The molecule has 0 bridgehead atoms. The van der Waals surface area contributed by atoms with E-state index < -0.39 is 12.5 Å². The summed E-state index contributed by atoms with van der Waals surface area (Å²) in [5.41, 5.74) is 2.15. The molecule has 1 aromatic carbocycles. The molecule has 3 aromatic rings. The number of alkyl halides is 1. The number of carbonyl (C=O) groups excluding carboxylic acids is 1. The third-order valence-electron chi connectivity index (χ3n) is 5.09. The number of piperidine rings is 1. The van der Waals surface area contributed by atoms with Crippen LogP contribution in [-0.4, -0.2) is 40.7 Å². The normalized spacial score (nSPS) is 14.9. The summed E-state index contributed by atoms with van der Waals surface area (Å²) in [6.45, 7) is 4.00. The number of halogens is 2. The highest BCUT2D eigenvalue weighted by Crippen LogP contribution is 2.37. The van der Waals surface area contributed by atoms with Crippen molar-refractivity contribution in [3.63, 3.8) is 0 Å². The van der Waals surface area contributed by atoms with Crippen LogP contribution in [0.4, 0.5) is 14.6 Å². The molecule has 0 saturated carbocycles. The predicted molar refractivity (Wildman–Crippen MR) is 101 cm³/mol. The van der Waals surface area contributed by atoms with E-state index in [1.54, 1.807) is 13.0 Å². The standard InChI is InChI=1S/C20H20F2N4O2/c1-11-15-9-13(3-6-21)10-16(22)18(15)24-19(26-7-4-14(27)5-8-26)17(11)20-23-12(2)25-28-20/h9-10H,3-8H2,1-2H3. The first-order valence-corrected chi connectivity index (χ1v) is 9.24. The molecule has 0 atom stereocenters. The molecule has 0 N–H and O–H groups in total. The van der Waals surface area contributed by atoms with E-state index in [1.807, 2.05) is 11.8 Å². The molecule has 3 heterocycles. The van der Waals surface area contributed by atoms with Gasteiger partial charge in [0.15, 0.2) is 5.82 Å². The number of fused-ring (bicyclic) bond motifs is 1. The highest BCUT2D eigenvalue weighted by molar-refractivity contribution is 5.93. The second-order valence-corrected chi connectivity index (χ2v) is 7.02. The average Bonchev–Trinajstić information content (AvgIpc) is 3.09. The largest absolute Gasteiger partial charge is 0.355 e. The van der Waals surface area contributed by atoms with E-state index in [-0.39, 0.29) is 17.7 Å². The molecule has 0 amide bonds. The monoisotopic (exact) mass is 386 g/mol. The smallest absolute Gasteiger partial charge is 0.261 e. The van der Waals surface area contributed by atoms with Crippen molar-refractivity contribution in [1.29, 1.82) is 0 Å². The molecule has 6 nitrogen and oxygen atoms in total. The third-order valence-corrected chi connectivity index (χ3v) is 5.09. The molecule has 0 radical (unpaired) electrons. The van der Waals surface area contributed by atoms with Gasteiger partial charge in [0.25, 0.3) is 5.89 Å². The summed E-state index contributed by atoms with van der Waals surface area (Å²) in [7, 11) is 0. The van der Waals surface area contributed by atoms with E-state index in [9.17, 15) is 13.6 Å². The third kappa shape index (κ3) is 3.23. The molecule has 28 heavy (non-hydrogen) atoms. The van der Waals surface area contributed by atoms with Gasteiger partial charge >= 0.3 is 0 Å². The van der Waals surface area contributed by atoms with Gasteiger partial charge in [-0.25, -0.2) is 9.37 Å². The molecular formula is C20H20F2N4O2. The highest BCUT2D eigenvalue weighted by Gasteiger charge is 2.26. The van der Waals surface area contributed by atoms with Gasteiger partial charge in [0.1, 0.15) is 22.9 Å². The van der Waals surface area contributed by atoms with Crippen molar-refractivity contribution in [3.05, 3.63) is 34.9 Å². The Balaban J connectivity index is 1.96. The Hall–Kier alpha value is -2.90. The van der Waals surface area contributed by atoms with Crippen LogP contribution >= 0.6 is 0 Å². The molecule has 4 rings (SSSR count). The first kappa shape index (κ1) is 18.5. The fraction of sp³-hybridized carbons (Fsp3) is 0.400. The van der Waals surface area contributed by atoms with Gasteiger partial charge in [0, 0.05) is 37.7 Å². The number of anilines is 1. The molecule has 146 valence electrons. The summed E-state index contributed by atoms with van der Waals surface area (Å²) in [4.78, 5) is 22.5. The number of carbonyl (C=O) groups is 1. The van der Waals surface area contributed by atoms with E-state index in [0.717, 1.165) is 5.56 Å². The number of aromatic nitrogens is 3. The van der Waals surface area contributed by atoms with Gasteiger partial charge in [-0.05, 0) is 37.1 Å². The number of pyridine rings is 1. The molecule has 1 saturated heterocycles. The Labute approximate surface area is 160 Å². The maximum atomic E-state index is 14.8. The second kappa shape index (κ2) is 7.26. The van der Waals surface area contributed by atoms with E-state index in [0.29, 0.717) is 60.0 Å². The van der Waals surface area contributed by atoms with Gasteiger partial charge in [0.05, 0.1) is 12.2 Å². The maximum absolute atomic E-state index is 14.8. The van der Waals surface area contributed by atoms with Crippen LogP contribution in [0.3, 0.4) is 0 Å². The van der Waals surface area contributed by atoms with Gasteiger partial charge in [0.2, 0.25) is 0 Å². The van der Waals surface area contributed by atoms with Crippen molar-refractivity contribution >= 4 is 22.5 Å². The van der Waals surface area contributed by atoms with Crippen molar-refractivity contribution in [1.82, 2.24) is 15.1 Å². The van der Waals surface area contributed by atoms with Crippen LogP contribution in [0, 0.1) is 19.7 Å². The van der Waals surface area contributed by atoms with Crippen LogP contribution in [0.2, 0.25) is 0 Å². The fourth-order valence-corrected chi connectivity index (χ4v) is 3.62. The Morgan fingerprint density at radius 3 is 2.57 bits per heavy atom. The first-order valence-electron chi connectivity index (χ1n) is 9.24. The zero-order valence-corrected chi connectivity index (χ0v) is 15.8. The fourth-order valence-electron chi connectivity index (χ4n) is 3.62. The second-order valence-electron chi connectivity index (χ2n) is 7.02. The van der Waals surface area contributed by atoms with Crippen molar-refractivity contribution in [2.75, 3.05) is 24.7 Å². The van der Waals surface area contributed by atoms with Crippen LogP contribution in [0.25, 0.3) is 22.4 Å². The summed E-state index contributed by atoms with van der Waals surface area (Å²) in [5, 5.41) is 4.46. The van der Waals surface area contributed by atoms with Gasteiger partial charge in [-0.2, -0.15) is 4.98 Å². The molecule has 2 aromatic heterocycles. The van der Waals surface area contributed by atoms with Crippen LogP contribution < -0.4 is 4.90 Å². The van der Waals surface area contributed by atoms with Crippen molar-refractivity contribution in [2.45, 2.75) is 33.1 Å². The van der Waals surface area contributed by atoms with Crippen LogP contribution in [-0.2, 0) is 11.2 Å². The number of rotatable bonds is 4. The number of hydrogen-bond acceptors (Lipinski definition) is 6. The minimum absolute atomic E-state index is 0.136. The number of nitrogens with zero attached hydrogens (tertiary/aromatic N) is 4. The Kier molecular flexibility index (Phi) is 4.78. The van der Waals surface area contributed by atoms with Gasteiger partial charge < -0.3 is 9.42 Å². The summed E-state index contributed by atoms with van der Waals surface area (Å²) in [6, 6.07) is 3.09. The Morgan fingerprint density at radius 1 is 1.18 bits per heavy atom. The van der Waals surface area contributed by atoms with Crippen molar-refractivity contribution in [2.24, 2.45) is 0 Å². The van der Waals surface area contributed by atoms with Gasteiger partial charge in [-0.15, -0.1) is 0 Å². The number of aryl methyl sites for hydroxylation is 3. The molecule has 0 unspecified atom stereocenters. The minimum atomic E-state index is -0.562. The summed E-state index contributed by atoms with van der Waals surface area (Å²) >= 11 is 0. The van der Waals surface area contributed by atoms with E-state index in [1.165, 1.54) is 6.07 Å². The lowest BCUT2D eigenvalue weighted by Gasteiger charge is -2.29. The molecular weight excluding hydrogens is 366 g/mol. The molecule has 1 aliphatic rings. The molecule has 8 heteroatoms. The van der Waals surface area contributed by atoms with Crippen molar-refractivity contribution < 1.29 is 18.1 Å². The average molecular weight is 386 g/mol. The van der Waals surface area contributed by atoms with Crippen LogP contribution in [0.15, 0.2) is 16.7 Å². The molecule has 1 fully saturated rings. The molecule has 0 aliphatic carbocycles. The number of Topliss-reactive ketones (excluding diaryl/α,β-unsaturated/α-hetero) is 1. The Bertz CT molecular complexity index is 1050. The van der Waals surface area contributed by atoms with Crippen LogP contribution in [0.5, 0.6) is 0 Å². The molecule has 1 aliphatic heterocycles. The van der Waals surface area contributed by atoms with E-state index >= 15 is 0 Å². The summed E-state index contributed by atoms with van der Waals surface area (Å²) < 4.78 is 33.0. The highest BCUT2D eigenvalue weighted by atomic mass is 19.1. The number of ketones is 1. The quantitative estimate of drug-likeness (QED) is 0.681. The SMILES string of the molecule is Cc1noc(-c2c(N3CCC(=O)CC3)nc3c(F)cc(CCF)cc3c2C)n1. The van der Waals surface area contributed by atoms with E-state index in [2.05, 4.69) is 15.1 Å². The zero-order valence-electron chi connectivity index (χ0n) is 15.8. The van der Waals surface area contributed by atoms with Crippen molar-refractivity contribution in [3.8, 4) is 11.5 Å². The number of hydrogen-bond donors (Lipinski definition) is 0. The lowest BCUT2D eigenvalue weighted by molar-refractivity contribution is -0.119. The zero-order chi connectivity index (χ0) is 19.8. The van der Waals surface area contributed by atoms with Crippen LogP contribution in [0.1, 0.15) is 29.8 Å². The maximum Gasteiger partial charge on any atom is 0.261 e. The van der Waals surface area contributed by atoms with E-state index in [4.69, 9.17) is 4.52 Å². The number of benzene rings is 1. The topological polar surface area (TPSA) is 72.1 Å². The lowest BCUT2D eigenvalue weighted by atomic mass is 9.99. The molecule has 0 spiro atoms. The Morgan fingerprint density at radius 2 is 1.93 bits per heavy atom. The van der Waals surface area contributed by atoms with Gasteiger partial charge in [-0.3, -0.25) is 9.18 Å². The summed E-state index contributed by atoms with van der Waals surface area (Å²) in [6.07, 6.45) is 0.968. The lowest BCUT2D eigenvalue weighted by Crippen LogP contribution is -2.34. The predicted octanol–water partition coefficient (Wildman–Crippen LogP) is 3.72. The first-order chi connectivity index (χ1) is 13.5. The summed E-state index contributed by atoms with van der Waals surface area (Å²) in [5.74, 6) is 1.01.